The van der Waals surface area contributed by atoms with Gasteiger partial charge in [0.25, 0.3) is 0 Å². The second-order valence-electron chi connectivity index (χ2n) is 5.75. The zero-order valence-corrected chi connectivity index (χ0v) is 10.1. The van der Waals surface area contributed by atoms with Gasteiger partial charge >= 0.3 is 0 Å². The predicted octanol–water partition coefficient (Wildman–Crippen LogP) is 4.49. The van der Waals surface area contributed by atoms with Crippen molar-refractivity contribution in [2.24, 2.45) is 23.2 Å². The third-order valence-electron chi connectivity index (χ3n) is 4.67. The first-order chi connectivity index (χ1) is 5.98. The third kappa shape index (κ3) is 2.27. The van der Waals surface area contributed by atoms with Crippen molar-refractivity contribution in [3.63, 3.8) is 0 Å². The second-order valence-corrected chi connectivity index (χ2v) is 5.75. The Morgan fingerprint density at radius 2 is 2.00 bits per heavy atom. The molecular formula is C13H26. The quantitative estimate of drug-likeness (QED) is 0.600. The van der Waals surface area contributed by atoms with E-state index in [0.717, 1.165) is 17.8 Å². The van der Waals surface area contributed by atoms with Crippen molar-refractivity contribution in [3.05, 3.63) is 0 Å². The van der Waals surface area contributed by atoms with Crippen LogP contribution in [-0.4, -0.2) is 0 Å². The smallest absolute Gasteiger partial charge is 0.0300 e. The van der Waals surface area contributed by atoms with Gasteiger partial charge in [-0.25, -0.2) is 0 Å². The van der Waals surface area contributed by atoms with Gasteiger partial charge in [-0.05, 0) is 36.0 Å². The second kappa shape index (κ2) is 4.02. The normalized spacial score (nSPS) is 33.9. The summed E-state index contributed by atoms with van der Waals surface area (Å²) in [5, 5.41) is 0. The van der Waals surface area contributed by atoms with Crippen molar-refractivity contribution in [2.75, 3.05) is 0 Å². The van der Waals surface area contributed by atoms with Crippen LogP contribution in [0.3, 0.4) is 0 Å². The maximum absolute atomic E-state index is 2.45. The molecule has 3 unspecified atom stereocenters. The van der Waals surface area contributed by atoms with Crippen molar-refractivity contribution in [2.45, 2.75) is 60.3 Å². The molecule has 1 fully saturated rings. The summed E-state index contributed by atoms with van der Waals surface area (Å²) in [6.07, 6.45) is 5.73. The Labute approximate surface area is 84.1 Å². The molecule has 0 nitrogen and oxygen atoms in total. The lowest BCUT2D eigenvalue weighted by Crippen LogP contribution is -2.43. The summed E-state index contributed by atoms with van der Waals surface area (Å²) in [7, 11) is 0. The van der Waals surface area contributed by atoms with E-state index < -0.39 is 0 Å². The average molecular weight is 182 g/mol. The predicted molar refractivity (Wildman–Crippen MR) is 59.7 cm³/mol. The van der Waals surface area contributed by atoms with Gasteiger partial charge < -0.3 is 0 Å². The minimum absolute atomic E-state index is 0.632. The summed E-state index contributed by atoms with van der Waals surface area (Å²) in [5.41, 5.74) is 0.632. The number of hydrogen-bond donors (Lipinski definition) is 0. The van der Waals surface area contributed by atoms with E-state index in [1.165, 1.54) is 25.7 Å². The summed E-state index contributed by atoms with van der Waals surface area (Å²) < 4.78 is 0. The van der Waals surface area contributed by atoms with Crippen LogP contribution in [0.5, 0.6) is 0 Å². The van der Waals surface area contributed by atoms with E-state index in [0.29, 0.717) is 5.41 Å². The molecule has 0 heteroatoms. The van der Waals surface area contributed by atoms with Gasteiger partial charge in [0.05, 0.1) is 0 Å². The highest BCUT2D eigenvalue weighted by atomic mass is 14.5. The van der Waals surface area contributed by atoms with E-state index in [9.17, 15) is 0 Å². The molecule has 0 N–H and O–H groups in total. The zero-order valence-electron chi connectivity index (χ0n) is 10.1. The molecule has 1 rings (SSSR count). The highest BCUT2D eigenvalue weighted by Gasteiger charge is 2.44. The van der Waals surface area contributed by atoms with Crippen LogP contribution in [0.25, 0.3) is 0 Å². The first-order valence-electron chi connectivity index (χ1n) is 5.98. The van der Waals surface area contributed by atoms with Crippen LogP contribution in [0.15, 0.2) is 0 Å². The Morgan fingerprint density at radius 3 is 2.38 bits per heavy atom. The van der Waals surface area contributed by atoms with E-state index in [4.69, 9.17) is 0 Å². The van der Waals surface area contributed by atoms with Crippen LogP contribution >= 0.6 is 0 Å². The van der Waals surface area contributed by atoms with Gasteiger partial charge in [0.2, 0.25) is 0 Å². The summed E-state index contributed by atoms with van der Waals surface area (Å²) in [4.78, 5) is 0. The molecule has 0 aromatic carbocycles. The monoisotopic (exact) mass is 182 g/mol. The van der Waals surface area contributed by atoms with Gasteiger partial charge in [0.1, 0.15) is 0 Å². The van der Waals surface area contributed by atoms with Crippen molar-refractivity contribution >= 4 is 0 Å². The van der Waals surface area contributed by atoms with Crippen LogP contribution in [0, 0.1) is 23.2 Å². The summed E-state index contributed by atoms with van der Waals surface area (Å²) >= 11 is 0. The lowest BCUT2D eigenvalue weighted by atomic mass is 9.54. The van der Waals surface area contributed by atoms with Gasteiger partial charge in [0, 0.05) is 0 Å². The average Bonchev–Trinajstić information content (AvgIpc) is 2.11. The largest absolute Gasteiger partial charge is 0.0651 e. The molecule has 78 valence electrons. The van der Waals surface area contributed by atoms with Crippen LogP contribution in [0.2, 0.25) is 0 Å². The minimum atomic E-state index is 0.632. The molecule has 0 heterocycles. The Balaban J connectivity index is 2.25. The molecule has 0 aromatic heterocycles. The van der Waals surface area contributed by atoms with Crippen LogP contribution in [0.4, 0.5) is 0 Å². The van der Waals surface area contributed by atoms with Gasteiger partial charge in [0.15, 0.2) is 0 Å². The van der Waals surface area contributed by atoms with Crippen LogP contribution in [-0.2, 0) is 0 Å². The lowest BCUT2D eigenvalue weighted by molar-refractivity contribution is -0.0164. The minimum Gasteiger partial charge on any atom is -0.0651 e. The van der Waals surface area contributed by atoms with Crippen molar-refractivity contribution in [1.82, 2.24) is 0 Å². The van der Waals surface area contributed by atoms with Gasteiger partial charge in [-0.1, -0.05) is 47.5 Å². The van der Waals surface area contributed by atoms with Crippen LogP contribution in [0.1, 0.15) is 60.3 Å². The molecule has 1 aliphatic carbocycles. The first kappa shape index (κ1) is 11.1. The van der Waals surface area contributed by atoms with Crippen molar-refractivity contribution < 1.29 is 0 Å². The molecule has 0 amide bonds. The fourth-order valence-corrected chi connectivity index (χ4v) is 2.46. The molecule has 1 saturated carbocycles. The Hall–Kier alpha value is 0. The standard InChI is InChI=1S/C13H26/c1-6-10(2)7-8-12-9-11(3)13(12,4)5/h10-12H,6-9H2,1-5H3. The maximum Gasteiger partial charge on any atom is -0.0300 e. The zero-order chi connectivity index (χ0) is 10.1. The molecule has 0 spiro atoms. The molecule has 3 atom stereocenters. The van der Waals surface area contributed by atoms with E-state index in [1.807, 2.05) is 0 Å². The van der Waals surface area contributed by atoms with Gasteiger partial charge in [-0.15, -0.1) is 0 Å². The first-order valence-corrected chi connectivity index (χ1v) is 5.98. The van der Waals surface area contributed by atoms with E-state index in [2.05, 4.69) is 34.6 Å². The Bertz CT molecular complexity index is 157. The Kier molecular flexibility index (Phi) is 3.43. The molecule has 1 aliphatic rings. The molecule has 0 aliphatic heterocycles. The number of hydrogen-bond acceptors (Lipinski definition) is 0. The number of rotatable bonds is 4. The molecule has 13 heavy (non-hydrogen) atoms. The van der Waals surface area contributed by atoms with Gasteiger partial charge in [-0.3, -0.25) is 0 Å². The molecule has 0 bridgehead atoms. The van der Waals surface area contributed by atoms with E-state index in [1.54, 1.807) is 0 Å². The van der Waals surface area contributed by atoms with E-state index >= 15 is 0 Å². The fraction of sp³-hybridized carbons (Fsp3) is 1.00. The summed E-state index contributed by atoms with van der Waals surface area (Å²) in [5.74, 6) is 2.90. The summed E-state index contributed by atoms with van der Waals surface area (Å²) in [6, 6.07) is 0. The van der Waals surface area contributed by atoms with E-state index in [-0.39, 0.29) is 0 Å². The fourth-order valence-electron chi connectivity index (χ4n) is 2.46. The highest BCUT2D eigenvalue weighted by molar-refractivity contribution is 4.93. The molecule has 0 aromatic rings. The topological polar surface area (TPSA) is 0 Å². The van der Waals surface area contributed by atoms with Gasteiger partial charge in [-0.2, -0.15) is 0 Å². The molecular weight excluding hydrogens is 156 g/mol. The Morgan fingerprint density at radius 1 is 1.38 bits per heavy atom. The maximum atomic E-state index is 2.45. The van der Waals surface area contributed by atoms with Crippen molar-refractivity contribution in [1.29, 1.82) is 0 Å². The SMILES string of the molecule is CCC(C)CCC1CC(C)C1(C)C. The molecule has 0 radical (unpaired) electrons. The summed E-state index contributed by atoms with van der Waals surface area (Å²) in [6.45, 7) is 12.0. The lowest BCUT2D eigenvalue weighted by Gasteiger charge is -2.51. The highest BCUT2D eigenvalue weighted by Crippen LogP contribution is 2.53. The molecule has 0 saturated heterocycles. The van der Waals surface area contributed by atoms with Crippen molar-refractivity contribution in [3.8, 4) is 0 Å². The third-order valence-corrected chi connectivity index (χ3v) is 4.67. The van der Waals surface area contributed by atoms with Crippen LogP contribution < -0.4 is 0 Å².